The zero-order chi connectivity index (χ0) is 23.5. The van der Waals surface area contributed by atoms with E-state index in [1.165, 1.54) is 38.2 Å². The van der Waals surface area contributed by atoms with Crippen LogP contribution in [0.15, 0.2) is 66.9 Å². The molecule has 1 heterocycles. The van der Waals surface area contributed by atoms with Crippen molar-refractivity contribution in [3.8, 4) is 11.3 Å². The number of aromatic nitrogens is 2. The average Bonchev–Trinajstić information content (AvgIpc) is 2.77. The van der Waals surface area contributed by atoms with Gasteiger partial charge in [0.1, 0.15) is 0 Å². The highest BCUT2D eigenvalue weighted by atomic mass is 14.8. The van der Waals surface area contributed by atoms with Crippen molar-refractivity contribution in [1.82, 2.24) is 9.97 Å². The van der Waals surface area contributed by atoms with Crippen LogP contribution in [0.25, 0.3) is 43.8 Å². The molecule has 0 atom stereocenters. The molecular weight excluding hydrogens is 400 g/mol. The number of aryl methyl sites for hydroxylation is 1. The highest BCUT2D eigenvalue weighted by Gasteiger charge is 2.21. The van der Waals surface area contributed by atoms with Gasteiger partial charge in [-0.3, -0.25) is 4.98 Å². The topological polar surface area (TPSA) is 25.8 Å². The second-order valence-corrected chi connectivity index (χ2v) is 11.3. The molecule has 33 heavy (non-hydrogen) atoms. The van der Waals surface area contributed by atoms with Gasteiger partial charge < -0.3 is 0 Å². The van der Waals surface area contributed by atoms with Crippen molar-refractivity contribution in [1.29, 1.82) is 0 Å². The van der Waals surface area contributed by atoms with E-state index in [0.29, 0.717) is 0 Å². The van der Waals surface area contributed by atoms with Crippen LogP contribution in [0.5, 0.6) is 0 Å². The quantitative estimate of drug-likeness (QED) is 0.248. The fourth-order valence-electron chi connectivity index (χ4n) is 4.69. The number of hydrogen-bond donors (Lipinski definition) is 0. The van der Waals surface area contributed by atoms with Gasteiger partial charge >= 0.3 is 0 Å². The Morgan fingerprint density at radius 3 is 1.97 bits per heavy atom. The van der Waals surface area contributed by atoms with E-state index in [1.54, 1.807) is 0 Å². The van der Waals surface area contributed by atoms with Crippen molar-refractivity contribution in [2.45, 2.75) is 59.3 Å². The summed E-state index contributed by atoms with van der Waals surface area (Å²) in [4.78, 5) is 10.2. The average molecular weight is 433 g/mol. The van der Waals surface area contributed by atoms with Crippen molar-refractivity contribution in [3.63, 3.8) is 0 Å². The van der Waals surface area contributed by atoms with Gasteiger partial charge in [-0.1, -0.05) is 90.1 Å². The number of hydrogen-bond acceptors (Lipinski definition) is 2. The van der Waals surface area contributed by atoms with Gasteiger partial charge in [-0.05, 0) is 57.3 Å². The molecule has 0 unspecified atom stereocenters. The van der Waals surface area contributed by atoms with Crippen LogP contribution >= 0.6 is 0 Å². The molecule has 2 nitrogen and oxygen atoms in total. The summed E-state index contributed by atoms with van der Waals surface area (Å²) in [6.45, 7) is 15.9. The molecule has 0 N–H and O–H groups in total. The first-order valence-electron chi connectivity index (χ1n) is 11.8. The lowest BCUT2D eigenvalue weighted by Gasteiger charge is -2.23. The summed E-state index contributed by atoms with van der Waals surface area (Å²) in [5.41, 5.74) is 8.05. The van der Waals surface area contributed by atoms with Gasteiger partial charge in [0.05, 0.1) is 22.9 Å². The summed E-state index contributed by atoms with van der Waals surface area (Å²) in [7, 11) is 0. The lowest BCUT2D eigenvalue weighted by Crippen LogP contribution is -2.12. The predicted molar refractivity (Wildman–Crippen MR) is 142 cm³/mol. The van der Waals surface area contributed by atoms with Crippen molar-refractivity contribution in [2.24, 2.45) is 0 Å². The van der Waals surface area contributed by atoms with Gasteiger partial charge in [-0.2, -0.15) is 0 Å². The zero-order valence-corrected chi connectivity index (χ0v) is 20.7. The molecule has 1 aromatic heterocycles. The minimum atomic E-state index is 0.0731. The van der Waals surface area contributed by atoms with Crippen LogP contribution in [-0.4, -0.2) is 9.97 Å². The van der Waals surface area contributed by atoms with Crippen molar-refractivity contribution >= 4 is 32.6 Å². The number of nitrogens with zero attached hydrogens (tertiary/aromatic N) is 2. The van der Waals surface area contributed by atoms with E-state index in [1.807, 2.05) is 24.4 Å². The number of rotatable bonds is 1. The van der Waals surface area contributed by atoms with E-state index >= 15 is 0 Å². The third-order valence-electron chi connectivity index (χ3n) is 6.71. The summed E-state index contributed by atoms with van der Waals surface area (Å²) >= 11 is 0. The predicted octanol–water partition coefficient (Wildman–Crippen LogP) is 8.51. The standard InChI is InChI=1S/C31H32N2/c1-19-15-22(31(5,6)7)17-25-24-16-21(30(2,3)4)13-14-23(24)28-29(27(19)25)32-18-26(33-28)20-11-9-8-10-12-20/h8-18H,1-7H3. The Morgan fingerprint density at radius 1 is 0.636 bits per heavy atom. The molecule has 0 spiro atoms. The highest BCUT2D eigenvalue weighted by Crippen LogP contribution is 2.40. The van der Waals surface area contributed by atoms with E-state index in [4.69, 9.17) is 9.97 Å². The molecule has 0 aliphatic rings. The first kappa shape index (κ1) is 21.6. The molecule has 4 aromatic carbocycles. The first-order chi connectivity index (χ1) is 15.5. The van der Waals surface area contributed by atoms with E-state index in [9.17, 15) is 0 Å². The van der Waals surface area contributed by atoms with E-state index in [-0.39, 0.29) is 10.8 Å². The zero-order valence-electron chi connectivity index (χ0n) is 20.7. The van der Waals surface area contributed by atoms with Crippen LogP contribution < -0.4 is 0 Å². The molecule has 0 amide bonds. The minimum absolute atomic E-state index is 0.0731. The Bertz CT molecular complexity index is 1510. The maximum absolute atomic E-state index is 5.17. The minimum Gasteiger partial charge on any atom is -0.252 e. The van der Waals surface area contributed by atoms with Crippen molar-refractivity contribution < 1.29 is 0 Å². The summed E-state index contributed by atoms with van der Waals surface area (Å²) in [6.07, 6.45) is 1.92. The van der Waals surface area contributed by atoms with Gasteiger partial charge in [-0.25, -0.2) is 4.98 Å². The maximum Gasteiger partial charge on any atom is 0.0979 e. The Balaban J connectivity index is 1.97. The van der Waals surface area contributed by atoms with E-state index in [0.717, 1.165) is 22.3 Å². The molecule has 0 saturated heterocycles. The van der Waals surface area contributed by atoms with Crippen LogP contribution in [0.2, 0.25) is 0 Å². The highest BCUT2D eigenvalue weighted by molar-refractivity contribution is 6.24. The van der Waals surface area contributed by atoms with Crippen LogP contribution in [-0.2, 0) is 10.8 Å². The third kappa shape index (κ3) is 3.68. The van der Waals surface area contributed by atoms with E-state index in [2.05, 4.69) is 90.9 Å². The fraction of sp³-hybridized carbons (Fsp3) is 0.290. The molecule has 0 aliphatic heterocycles. The Morgan fingerprint density at radius 2 is 1.30 bits per heavy atom. The van der Waals surface area contributed by atoms with E-state index < -0.39 is 0 Å². The second-order valence-electron chi connectivity index (χ2n) is 11.3. The molecule has 166 valence electrons. The summed E-state index contributed by atoms with van der Waals surface area (Å²) in [5.74, 6) is 0. The molecule has 0 aliphatic carbocycles. The van der Waals surface area contributed by atoms with Gasteiger partial charge in [-0.15, -0.1) is 0 Å². The fourth-order valence-corrected chi connectivity index (χ4v) is 4.69. The Hall–Kier alpha value is -3.26. The van der Waals surface area contributed by atoms with Gasteiger partial charge in [0.2, 0.25) is 0 Å². The second kappa shape index (κ2) is 7.38. The largest absolute Gasteiger partial charge is 0.252 e. The molecule has 5 aromatic rings. The molecule has 0 saturated carbocycles. The SMILES string of the molecule is Cc1cc(C(C)(C)C)cc2c3cc(C(C)(C)C)ccc3c3nc(-c4ccccc4)cnc3c12. The lowest BCUT2D eigenvalue weighted by molar-refractivity contribution is 0.590. The lowest BCUT2D eigenvalue weighted by atomic mass is 9.82. The van der Waals surface area contributed by atoms with Gasteiger partial charge in [0, 0.05) is 16.3 Å². The molecule has 0 fully saturated rings. The Labute approximate surface area is 196 Å². The summed E-state index contributed by atoms with van der Waals surface area (Å²) < 4.78 is 0. The van der Waals surface area contributed by atoms with Crippen molar-refractivity contribution in [2.75, 3.05) is 0 Å². The molecule has 5 rings (SSSR count). The molecular formula is C31H32N2. The van der Waals surface area contributed by atoms with Crippen LogP contribution in [0.3, 0.4) is 0 Å². The monoisotopic (exact) mass is 432 g/mol. The van der Waals surface area contributed by atoms with Crippen LogP contribution in [0.4, 0.5) is 0 Å². The number of benzene rings is 4. The normalized spacial score (nSPS) is 12.7. The Kier molecular flexibility index (Phi) is 4.83. The van der Waals surface area contributed by atoms with Crippen molar-refractivity contribution in [3.05, 3.63) is 83.6 Å². The maximum atomic E-state index is 5.17. The molecule has 2 heteroatoms. The summed E-state index contributed by atoms with van der Waals surface area (Å²) in [5, 5.41) is 4.92. The third-order valence-corrected chi connectivity index (χ3v) is 6.71. The van der Waals surface area contributed by atoms with Gasteiger partial charge in [0.15, 0.2) is 0 Å². The smallest absolute Gasteiger partial charge is 0.0979 e. The van der Waals surface area contributed by atoms with Gasteiger partial charge in [0.25, 0.3) is 0 Å². The summed E-state index contributed by atoms with van der Waals surface area (Å²) in [6, 6.07) is 21.9. The van der Waals surface area contributed by atoms with Crippen LogP contribution in [0, 0.1) is 6.92 Å². The number of fused-ring (bicyclic) bond motifs is 6. The molecule has 0 radical (unpaired) electrons. The first-order valence-corrected chi connectivity index (χ1v) is 11.8. The molecule has 0 bridgehead atoms. The van der Waals surface area contributed by atoms with Crippen LogP contribution in [0.1, 0.15) is 58.2 Å².